The fourth-order valence-corrected chi connectivity index (χ4v) is 5.07. The molecular weight excluding hydrogens is 318 g/mol. The second-order valence-corrected chi connectivity index (χ2v) is 9.05. The van der Waals surface area contributed by atoms with Crippen LogP contribution < -0.4 is 5.32 Å². The molecule has 0 aliphatic heterocycles. The quantitative estimate of drug-likeness (QED) is 0.739. The summed E-state index contributed by atoms with van der Waals surface area (Å²) in [5, 5.41) is 3.79. The van der Waals surface area contributed by atoms with Gasteiger partial charge in [-0.05, 0) is 58.6 Å². The summed E-state index contributed by atoms with van der Waals surface area (Å²) < 4.78 is 1.26. The van der Waals surface area contributed by atoms with E-state index in [1.165, 1.54) is 20.6 Å². The van der Waals surface area contributed by atoms with Crippen molar-refractivity contribution in [2.24, 2.45) is 16.7 Å². The van der Waals surface area contributed by atoms with Crippen LogP contribution in [0.15, 0.2) is 10.5 Å². The van der Waals surface area contributed by atoms with Crippen LogP contribution in [0.2, 0.25) is 0 Å². The SMILES string of the molecule is CCCNC(c1cc(Br)c(C)s1)C1C(C)(C)C1(C)C. The Hall–Kier alpha value is 0.140. The van der Waals surface area contributed by atoms with Crippen LogP contribution in [-0.4, -0.2) is 6.54 Å². The minimum Gasteiger partial charge on any atom is -0.309 e. The molecule has 1 aliphatic rings. The van der Waals surface area contributed by atoms with Gasteiger partial charge in [0.15, 0.2) is 0 Å². The minimum absolute atomic E-state index is 0.419. The summed E-state index contributed by atoms with van der Waals surface area (Å²) >= 11 is 5.60. The molecule has 1 nitrogen and oxygen atoms in total. The fourth-order valence-electron chi connectivity index (χ4n) is 3.40. The molecule has 1 aromatic rings. The van der Waals surface area contributed by atoms with E-state index >= 15 is 0 Å². The molecule has 0 radical (unpaired) electrons. The molecule has 0 spiro atoms. The molecule has 1 unspecified atom stereocenters. The lowest BCUT2D eigenvalue weighted by Gasteiger charge is -2.19. The molecule has 1 aromatic heterocycles. The average Bonchev–Trinajstić information content (AvgIpc) is 2.57. The third-order valence-electron chi connectivity index (χ3n) is 5.26. The smallest absolute Gasteiger partial charge is 0.0454 e. The van der Waals surface area contributed by atoms with E-state index in [0.717, 1.165) is 12.5 Å². The van der Waals surface area contributed by atoms with Crippen LogP contribution in [0, 0.1) is 23.7 Å². The number of hydrogen-bond donors (Lipinski definition) is 1. The molecule has 0 aromatic carbocycles. The molecule has 1 fully saturated rings. The van der Waals surface area contributed by atoms with Crippen LogP contribution >= 0.6 is 27.3 Å². The summed E-state index contributed by atoms with van der Waals surface area (Å²) in [4.78, 5) is 2.87. The van der Waals surface area contributed by atoms with E-state index in [9.17, 15) is 0 Å². The van der Waals surface area contributed by atoms with Crippen LogP contribution in [0.1, 0.15) is 56.8 Å². The van der Waals surface area contributed by atoms with E-state index in [1.807, 2.05) is 11.3 Å². The zero-order chi connectivity index (χ0) is 14.4. The Morgan fingerprint density at radius 2 is 1.89 bits per heavy atom. The average molecular weight is 344 g/mol. The standard InChI is InChI=1S/C16H26BrNS/c1-7-8-18-13(12-9-11(17)10(2)19-12)14-15(3,4)16(14,5)6/h9,13-14,18H,7-8H2,1-6H3. The zero-order valence-corrected chi connectivity index (χ0v) is 15.3. The van der Waals surface area contributed by atoms with E-state index < -0.39 is 0 Å². The molecule has 0 saturated heterocycles. The summed E-state index contributed by atoms with van der Waals surface area (Å²) in [5.74, 6) is 0.719. The van der Waals surface area contributed by atoms with Crippen molar-refractivity contribution in [3.63, 3.8) is 0 Å². The van der Waals surface area contributed by atoms with Gasteiger partial charge in [-0.15, -0.1) is 11.3 Å². The highest BCUT2D eigenvalue weighted by Gasteiger charge is 2.67. The van der Waals surface area contributed by atoms with Crippen molar-refractivity contribution in [2.75, 3.05) is 6.54 Å². The van der Waals surface area contributed by atoms with Crippen molar-refractivity contribution >= 4 is 27.3 Å². The normalized spacial score (nSPS) is 22.5. The topological polar surface area (TPSA) is 12.0 Å². The highest BCUT2D eigenvalue weighted by molar-refractivity contribution is 9.10. The van der Waals surface area contributed by atoms with E-state index in [4.69, 9.17) is 0 Å². The molecule has 1 heterocycles. The molecule has 1 saturated carbocycles. The van der Waals surface area contributed by atoms with Crippen molar-refractivity contribution in [1.82, 2.24) is 5.32 Å². The van der Waals surface area contributed by atoms with Gasteiger partial charge in [0.1, 0.15) is 0 Å². The third kappa shape index (κ3) is 2.54. The number of hydrogen-bond acceptors (Lipinski definition) is 2. The first-order valence-electron chi connectivity index (χ1n) is 7.22. The van der Waals surface area contributed by atoms with Crippen LogP contribution in [0.5, 0.6) is 0 Å². The Labute approximate surface area is 130 Å². The second-order valence-electron chi connectivity index (χ2n) is 6.91. The van der Waals surface area contributed by atoms with Crippen molar-refractivity contribution in [3.8, 4) is 0 Å². The van der Waals surface area contributed by atoms with Crippen molar-refractivity contribution in [3.05, 3.63) is 20.3 Å². The molecule has 19 heavy (non-hydrogen) atoms. The molecule has 1 aliphatic carbocycles. The first-order chi connectivity index (χ1) is 8.73. The third-order valence-corrected chi connectivity index (χ3v) is 7.48. The van der Waals surface area contributed by atoms with Crippen LogP contribution in [-0.2, 0) is 0 Å². The minimum atomic E-state index is 0.419. The predicted molar refractivity (Wildman–Crippen MR) is 88.8 cm³/mol. The van der Waals surface area contributed by atoms with Gasteiger partial charge in [-0.1, -0.05) is 34.6 Å². The predicted octanol–water partition coefficient (Wildman–Crippen LogP) is 5.54. The summed E-state index contributed by atoms with van der Waals surface area (Å²) in [7, 11) is 0. The molecule has 2 rings (SSSR count). The molecule has 0 bridgehead atoms. The number of rotatable bonds is 5. The number of aryl methyl sites for hydroxylation is 1. The first-order valence-corrected chi connectivity index (χ1v) is 8.83. The summed E-state index contributed by atoms with van der Waals surface area (Å²) in [5.41, 5.74) is 0.839. The van der Waals surface area contributed by atoms with Gasteiger partial charge in [-0.25, -0.2) is 0 Å². The molecular formula is C16H26BrNS. The lowest BCUT2D eigenvalue weighted by atomic mass is 10.0. The van der Waals surface area contributed by atoms with Gasteiger partial charge in [0.25, 0.3) is 0 Å². The van der Waals surface area contributed by atoms with Crippen LogP contribution in [0.3, 0.4) is 0 Å². The maximum absolute atomic E-state index is 3.79. The second kappa shape index (κ2) is 5.16. The van der Waals surface area contributed by atoms with Crippen molar-refractivity contribution in [2.45, 2.75) is 54.0 Å². The van der Waals surface area contributed by atoms with Gasteiger partial charge in [-0.3, -0.25) is 0 Å². The van der Waals surface area contributed by atoms with E-state index in [-0.39, 0.29) is 0 Å². The van der Waals surface area contributed by atoms with Crippen molar-refractivity contribution in [1.29, 1.82) is 0 Å². The van der Waals surface area contributed by atoms with Gasteiger partial charge >= 0.3 is 0 Å². The van der Waals surface area contributed by atoms with Gasteiger partial charge in [0, 0.05) is 20.3 Å². The maximum Gasteiger partial charge on any atom is 0.0454 e. The molecule has 1 atom stereocenters. The Morgan fingerprint density at radius 1 is 1.32 bits per heavy atom. The molecule has 3 heteroatoms. The highest BCUT2D eigenvalue weighted by Crippen LogP contribution is 2.72. The summed E-state index contributed by atoms with van der Waals surface area (Å²) in [6, 6.07) is 2.82. The van der Waals surface area contributed by atoms with Gasteiger partial charge in [-0.2, -0.15) is 0 Å². The van der Waals surface area contributed by atoms with Gasteiger partial charge < -0.3 is 5.32 Å². The lowest BCUT2D eigenvalue weighted by molar-refractivity contribution is 0.415. The van der Waals surface area contributed by atoms with E-state index in [0.29, 0.717) is 16.9 Å². The summed E-state index contributed by atoms with van der Waals surface area (Å²) in [6.45, 7) is 15.2. The monoisotopic (exact) mass is 343 g/mol. The van der Waals surface area contributed by atoms with Crippen molar-refractivity contribution < 1.29 is 0 Å². The zero-order valence-electron chi connectivity index (χ0n) is 12.9. The maximum atomic E-state index is 3.79. The fraction of sp³-hybridized carbons (Fsp3) is 0.750. The Kier molecular flexibility index (Phi) is 4.22. The largest absolute Gasteiger partial charge is 0.309 e. The molecule has 1 N–H and O–H groups in total. The Bertz CT molecular complexity index is 428. The number of halogens is 1. The molecule has 108 valence electrons. The Morgan fingerprint density at radius 3 is 2.26 bits per heavy atom. The first kappa shape index (κ1) is 15.5. The van der Waals surface area contributed by atoms with Gasteiger partial charge in [0.05, 0.1) is 0 Å². The van der Waals surface area contributed by atoms with Gasteiger partial charge in [0.2, 0.25) is 0 Å². The van der Waals surface area contributed by atoms with Crippen LogP contribution in [0.4, 0.5) is 0 Å². The number of thiophene rings is 1. The van der Waals surface area contributed by atoms with Crippen LogP contribution in [0.25, 0.3) is 0 Å². The highest BCUT2D eigenvalue weighted by atomic mass is 79.9. The lowest BCUT2D eigenvalue weighted by Crippen LogP contribution is -2.25. The molecule has 0 amide bonds. The Balaban J connectivity index is 2.28. The number of nitrogens with one attached hydrogen (secondary N) is 1. The van der Waals surface area contributed by atoms with E-state index in [2.05, 4.69) is 68.9 Å². The summed E-state index contributed by atoms with van der Waals surface area (Å²) in [6.07, 6.45) is 1.19. The van der Waals surface area contributed by atoms with E-state index in [1.54, 1.807) is 0 Å².